The summed E-state index contributed by atoms with van der Waals surface area (Å²) in [5.41, 5.74) is 3.48. The third-order valence-electron chi connectivity index (χ3n) is 5.03. The van der Waals surface area contributed by atoms with Gasteiger partial charge < -0.3 is 9.88 Å². The number of piperidine rings is 1. The number of aromatic nitrogens is 3. The van der Waals surface area contributed by atoms with Crippen LogP contribution in [0.2, 0.25) is 0 Å². The van der Waals surface area contributed by atoms with E-state index in [4.69, 9.17) is 5.26 Å². The van der Waals surface area contributed by atoms with Gasteiger partial charge in [0.05, 0.1) is 17.1 Å². The summed E-state index contributed by atoms with van der Waals surface area (Å²) in [5.74, 6) is 0.772. The Labute approximate surface area is 141 Å². The third kappa shape index (κ3) is 2.48. The summed E-state index contributed by atoms with van der Waals surface area (Å²) < 4.78 is 0. The second-order valence-corrected chi connectivity index (χ2v) is 6.65. The van der Waals surface area contributed by atoms with Gasteiger partial charge in [0.25, 0.3) is 0 Å². The van der Waals surface area contributed by atoms with Crippen LogP contribution in [0.3, 0.4) is 0 Å². The van der Waals surface area contributed by atoms with E-state index in [-0.39, 0.29) is 0 Å². The summed E-state index contributed by atoms with van der Waals surface area (Å²) in [4.78, 5) is 14.5. The second-order valence-electron chi connectivity index (χ2n) is 6.65. The van der Waals surface area contributed by atoms with Crippen LogP contribution in [-0.2, 0) is 0 Å². The van der Waals surface area contributed by atoms with Crippen LogP contribution in [0.5, 0.6) is 0 Å². The van der Waals surface area contributed by atoms with Crippen molar-refractivity contribution in [3.63, 3.8) is 0 Å². The van der Waals surface area contributed by atoms with E-state index in [0.29, 0.717) is 5.69 Å². The average Bonchev–Trinajstić information content (AvgIpc) is 3.00. The van der Waals surface area contributed by atoms with Gasteiger partial charge in [0.1, 0.15) is 17.4 Å². The molecule has 4 rings (SSSR count). The van der Waals surface area contributed by atoms with Gasteiger partial charge in [-0.25, -0.2) is 9.97 Å². The Balaban J connectivity index is 1.84. The molecule has 1 N–H and O–H groups in total. The van der Waals surface area contributed by atoms with Crippen molar-refractivity contribution in [2.75, 3.05) is 18.0 Å². The molecule has 0 aliphatic carbocycles. The normalized spacial score (nSPS) is 18.2. The Bertz CT molecular complexity index is 919. The first-order chi connectivity index (χ1) is 11.8. The zero-order valence-electron chi connectivity index (χ0n) is 13.9. The largest absolute Gasteiger partial charge is 0.371 e. The quantitative estimate of drug-likeness (QED) is 0.792. The molecule has 5 nitrogen and oxygen atoms in total. The summed E-state index contributed by atoms with van der Waals surface area (Å²) in [5, 5.41) is 11.3. The minimum atomic E-state index is 0.445. The predicted octanol–water partition coefficient (Wildman–Crippen LogP) is 4.00. The van der Waals surface area contributed by atoms with Gasteiger partial charge in [-0.1, -0.05) is 13.3 Å². The summed E-state index contributed by atoms with van der Waals surface area (Å²) in [6.45, 7) is 4.46. The number of nitrogens with zero attached hydrogens (tertiary/aromatic N) is 4. The van der Waals surface area contributed by atoms with Gasteiger partial charge in [0.2, 0.25) is 0 Å². The van der Waals surface area contributed by atoms with E-state index in [1.165, 1.54) is 31.4 Å². The number of hydrogen-bond donors (Lipinski definition) is 1. The first-order valence-electron chi connectivity index (χ1n) is 8.71. The topological polar surface area (TPSA) is 68.6 Å². The maximum Gasteiger partial charge on any atom is 0.141 e. The molecule has 0 radical (unpaired) electrons. The van der Waals surface area contributed by atoms with Crippen LogP contribution in [-0.4, -0.2) is 28.0 Å². The number of fused-ring (bicyclic) bond motifs is 3. The van der Waals surface area contributed by atoms with E-state index in [1.807, 2.05) is 12.3 Å². The summed E-state index contributed by atoms with van der Waals surface area (Å²) in [7, 11) is 0. The Morgan fingerprint density at radius 2 is 2.33 bits per heavy atom. The zero-order chi connectivity index (χ0) is 16.5. The van der Waals surface area contributed by atoms with Crippen molar-refractivity contribution in [1.82, 2.24) is 15.0 Å². The van der Waals surface area contributed by atoms with Crippen LogP contribution in [0.4, 0.5) is 5.69 Å². The standard InChI is InChI=1S/C19H21N5/c1-2-4-13-5-3-8-24(12-13)17-6-7-21-19-18(17)15-9-14(10-20)22-11-16(15)23-19/h6-7,9,11,13H,2-5,8,12H2,1H3,(H,21,23)/t13-/m0/s1. The second kappa shape index (κ2) is 6.12. The highest BCUT2D eigenvalue weighted by atomic mass is 15.1. The van der Waals surface area contributed by atoms with Gasteiger partial charge in [-0.2, -0.15) is 5.26 Å². The molecule has 0 saturated carbocycles. The van der Waals surface area contributed by atoms with E-state index in [9.17, 15) is 0 Å². The lowest BCUT2D eigenvalue weighted by atomic mass is 9.93. The maximum atomic E-state index is 9.17. The lowest BCUT2D eigenvalue weighted by Gasteiger charge is -2.34. The van der Waals surface area contributed by atoms with Gasteiger partial charge in [-0.05, 0) is 37.3 Å². The molecule has 3 aromatic rings. The number of hydrogen-bond acceptors (Lipinski definition) is 4. The molecule has 24 heavy (non-hydrogen) atoms. The first-order valence-corrected chi connectivity index (χ1v) is 8.71. The molecule has 1 fully saturated rings. The summed E-state index contributed by atoms with van der Waals surface area (Å²) in [6, 6.07) is 6.11. The van der Waals surface area contributed by atoms with Gasteiger partial charge in [0.15, 0.2) is 0 Å². The average molecular weight is 319 g/mol. The molecule has 1 saturated heterocycles. The molecule has 0 aromatic carbocycles. The fourth-order valence-electron chi connectivity index (χ4n) is 3.95. The molecular weight excluding hydrogens is 298 g/mol. The first kappa shape index (κ1) is 14.9. The Hall–Kier alpha value is -2.61. The van der Waals surface area contributed by atoms with Crippen molar-refractivity contribution in [2.45, 2.75) is 32.6 Å². The fourth-order valence-corrected chi connectivity index (χ4v) is 3.95. The van der Waals surface area contributed by atoms with E-state index < -0.39 is 0 Å². The minimum Gasteiger partial charge on any atom is -0.371 e. The number of nitriles is 1. The zero-order valence-corrected chi connectivity index (χ0v) is 13.9. The number of H-pyrrole nitrogens is 1. The lowest BCUT2D eigenvalue weighted by molar-refractivity contribution is 0.388. The number of nitrogens with one attached hydrogen (secondary N) is 1. The molecule has 0 spiro atoms. The Morgan fingerprint density at radius 1 is 1.42 bits per heavy atom. The SMILES string of the molecule is CCC[C@H]1CCCN(c2ccnc3[nH]c4cnc(C#N)cc4c23)C1. The van der Waals surface area contributed by atoms with Crippen molar-refractivity contribution in [1.29, 1.82) is 5.26 Å². The molecule has 0 unspecified atom stereocenters. The number of pyridine rings is 2. The van der Waals surface area contributed by atoms with Gasteiger partial charge in [-0.3, -0.25) is 0 Å². The Morgan fingerprint density at radius 3 is 3.17 bits per heavy atom. The number of anilines is 1. The molecule has 1 aliphatic heterocycles. The molecule has 4 heterocycles. The molecule has 0 amide bonds. The van der Waals surface area contributed by atoms with Crippen LogP contribution >= 0.6 is 0 Å². The van der Waals surface area contributed by atoms with E-state index in [2.05, 4.69) is 38.9 Å². The summed E-state index contributed by atoms with van der Waals surface area (Å²) in [6.07, 6.45) is 8.71. The van der Waals surface area contributed by atoms with Crippen molar-refractivity contribution in [3.8, 4) is 6.07 Å². The van der Waals surface area contributed by atoms with E-state index >= 15 is 0 Å². The monoisotopic (exact) mass is 319 g/mol. The van der Waals surface area contributed by atoms with Crippen molar-refractivity contribution in [3.05, 3.63) is 30.2 Å². The van der Waals surface area contributed by atoms with E-state index in [0.717, 1.165) is 40.9 Å². The number of rotatable bonds is 3. The molecule has 0 bridgehead atoms. The molecule has 122 valence electrons. The number of aromatic amines is 1. The smallest absolute Gasteiger partial charge is 0.141 e. The Kier molecular flexibility index (Phi) is 3.81. The maximum absolute atomic E-state index is 9.17. The van der Waals surface area contributed by atoms with Crippen LogP contribution in [0, 0.1) is 17.2 Å². The summed E-state index contributed by atoms with van der Waals surface area (Å²) >= 11 is 0. The molecule has 5 heteroatoms. The van der Waals surface area contributed by atoms with Gasteiger partial charge in [-0.15, -0.1) is 0 Å². The van der Waals surface area contributed by atoms with Crippen molar-refractivity contribution in [2.24, 2.45) is 5.92 Å². The fraction of sp³-hybridized carbons (Fsp3) is 0.421. The van der Waals surface area contributed by atoms with Crippen LogP contribution in [0.15, 0.2) is 24.5 Å². The van der Waals surface area contributed by atoms with Crippen LogP contribution in [0.25, 0.3) is 21.9 Å². The third-order valence-corrected chi connectivity index (χ3v) is 5.03. The van der Waals surface area contributed by atoms with Gasteiger partial charge >= 0.3 is 0 Å². The predicted molar refractivity (Wildman–Crippen MR) is 96.0 cm³/mol. The van der Waals surface area contributed by atoms with Crippen LogP contribution < -0.4 is 4.90 Å². The van der Waals surface area contributed by atoms with Crippen molar-refractivity contribution < 1.29 is 0 Å². The lowest BCUT2D eigenvalue weighted by Crippen LogP contribution is -2.35. The van der Waals surface area contributed by atoms with Crippen molar-refractivity contribution >= 4 is 27.6 Å². The highest BCUT2D eigenvalue weighted by molar-refractivity contribution is 6.12. The van der Waals surface area contributed by atoms with Crippen LogP contribution in [0.1, 0.15) is 38.3 Å². The molecule has 1 aliphatic rings. The molecular formula is C19H21N5. The van der Waals surface area contributed by atoms with Gasteiger partial charge in [0, 0.05) is 30.4 Å². The minimum absolute atomic E-state index is 0.445. The highest BCUT2D eigenvalue weighted by Gasteiger charge is 2.22. The molecule has 3 aromatic heterocycles. The molecule has 1 atom stereocenters. The van der Waals surface area contributed by atoms with E-state index in [1.54, 1.807) is 6.20 Å². The highest BCUT2D eigenvalue weighted by Crippen LogP contribution is 2.35.